The van der Waals surface area contributed by atoms with E-state index in [9.17, 15) is 54.9 Å². The molecular formula is C46H42F8N6O4. The third-order valence-electron chi connectivity index (χ3n) is 14.2. The molecule has 4 atom stereocenters. The summed E-state index contributed by atoms with van der Waals surface area (Å²) in [6, 6.07) is 6.32. The molecule has 336 valence electrons. The number of pyridine rings is 4. The van der Waals surface area contributed by atoms with Gasteiger partial charge in [-0.1, -0.05) is 0 Å². The molecule has 64 heavy (non-hydrogen) atoms. The molecule has 6 heterocycles. The van der Waals surface area contributed by atoms with Crippen molar-refractivity contribution in [2.45, 2.75) is 76.6 Å². The highest BCUT2D eigenvalue weighted by atomic mass is 19.4. The smallest absolute Gasteiger partial charge is 0.416 e. The van der Waals surface area contributed by atoms with Crippen molar-refractivity contribution in [1.82, 2.24) is 29.9 Å². The van der Waals surface area contributed by atoms with Crippen LogP contribution in [0.2, 0.25) is 0 Å². The van der Waals surface area contributed by atoms with Crippen LogP contribution in [-0.2, 0) is 34.8 Å². The molecular weight excluding hydrogens is 853 g/mol. The van der Waals surface area contributed by atoms with Crippen LogP contribution in [0.1, 0.15) is 73.9 Å². The minimum absolute atomic E-state index is 0.0568. The minimum Gasteiger partial charge on any atom is -0.481 e. The second-order valence-corrected chi connectivity index (χ2v) is 17.8. The first-order valence-corrected chi connectivity index (χ1v) is 21.3. The van der Waals surface area contributed by atoms with Gasteiger partial charge in [-0.3, -0.25) is 19.6 Å². The molecule has 12 rings (SSSR count). The van der Waals surface area contributed by atoms with E-state index in [2.05, 4.69) is 29.9 Å². The molecule has 0 radical (unpaired) electrons. The average Bonchev–Trinajstić information content (AvgIpc) is 3.87. The quantitative estimate of drug-likeness (QED) is 0.110. The van der Waals surface area contributed by atoms with E-state index in [-0.39, 0.29) is 71.1 Å². The van der Waals surface area contributed by atoms with Crippen LogP contribution < -0.4 is 0 Å². The fourth-order valence-electron chi connectivity index (χ4n) is 11.4. The molecule has 0 aromatic carbocycles. The summed E-state index contributed by atoms with van der Waals surface area (Å²) in [7, 11) is 0. The number of carbonyl (C=O) groups is 2. The molecule has 0 aliphatic heterocycles. The Morgan fingerprint density at radius 1 is 0.562 bits per heavy atom. The molecule has 6 aromatic heterocycles. The number of hydrogen-bond donors (Lipinski definition) is 4. The summed E-state index contributed by atoms with van der Waals surface area (Å²) in [6.45, 7) is 0. The van der Waals surface area contributed by atoms with Gasteiger partial charge in [0, 0.05) is 45.7 Å². The van der Waals surface area contributed by atoms with Crippen LogP contribution in [0.4, 0.5) is 35.1 Å². The molecule has 0 unspecified atom stereocenters. The number of carboxylic acids is 2. The maximum Gasteiger partial charge on any atom is 0.416 e. The molecule has 6 aliphatic rings. The number of fused-ring (bicyclic) bond motifs is 8. The summed E-state index contributed by atoms with van der Waals surface area (Å²) in [5.41, 5.74) is 0.138. The first-order chi connectivity index (χ1) is 30.4. The number of rotatable bonds is 8. The zero-order valence-electron chi connectivity index (χ0n) is 34.0. The van der Waals surface area contributed by atoms with Gasteiger partial charge in [0.2, 0.25) is 0 Å². The Bertz CT molecular complexity index is 2550. The van der Waals surface area contributed by atoms with E-state index >= 15 is 0 Å². The third kappa shape index (κ3) is 8.42. The molecule has 18 heteroatoms. The van der Waals surface area contributed by atoms with Gasteiger partial charge >= 0.3 is 24.3 Å². The SMILES string of the molecule is O=C(O)[C@@H]1C2CCC(CC2)[C@H]1Cc1cc(C(F)(F)F)cc(-c2c[nH]c3ncc(F)cc23)n1.O=C(O)[C@H]1C2CCC(CC2)[C@@H]1Cc1cc(C(F)(F)F)cc(-c2c[nH]c3ncc(F)cc23)n1. The maximum absolute atomic E-state index is 13.7. The Balaban J connectivity index is 0.000000162. The Hall–Kier alpha value is -5.94. The lowest BCUT2D eigenvalue weighted by atomic mass is 9.57. The van der Waals surface area contributed by atoms with Crippen LogP contribution in [0.25, 0.3) is 44.6 Å². The maximum atomic E-state index is 13.7. The van der Waals surface area contributed by atoms with E-state index in [0.29, 0.717) is 33.2 Å². The molecule has 0 saturated heterocycles. The Kier molecular flexibility index (Phi) is 11.2. The first kappa shape index (κ1) is 43.3. The van der Waals surface area contributed by atoms with Gasteiger partial charge in [-0.2, -0.15) is 26.3 Å². The molecule has 6 aromatic rings. The average molecular weight is 895 g/mol. The number of hydrogen-bond acceptors (Lipinski definition) is 6. The fourth-order valence-corrected chi connectivity index (χ4v) is 11.4. The largest absolute Gasteiger partial charge is 0.481 e. The van der Waals surface area contributed by atoms with Crippen molar-refractivity contribution < 1.29 is 54.9 Å². The second-order valence-electron chi connectivity index (χ2n) is 17.8. The van der Waals surface area contributed by atoms with Gasteiger partial charge in [-0.15, -0.1) is 0 Å². The van der Waals surface area contributed by atoms with Gasteiger partial charge in [0.1, 0.15) is 22.9 Å². The predicted molar refractivity (Wildman–Crippen MR) is 216 cm³/mol. The summed E-state index contributed by atoms with van der Waals surface area (Å²) in [6.07, 6.45) is 3.15. The number of aliphatic carboxylic acids is 2. The summed E-state index contributed by atoms with van der Waals surface area (Å²) in [5, 5.41) is 20.3. The summed E-state index contributed by atoms with van der Waals surface area (Å²) in [4.78, 5) is 46.4. The van der Waals surface area contributed by atoms with Gasteiger partial charge in [0.05, 0.1) is 46.7 Å². The van der Waals surface area contributed by atoms with E-state index in [1.165, 1.54) is 24.5 Å². The number of halogens is 8. The Labute approximate surface area is 360 Å². The lowest BCUT2D eigenvalue weighted by molar-refractivity contribution is -0.153. The first-order valence-electron chi connectivity index (χ1n) is 21.3. The van der Waals surface area contributed by atoms with Gasteiger partial charge in [0.15, 0.2) is 0 Å². The molecule has 4 bridgehead atoms. The van der Waals surface area contributed by atoms with Crippen LogP contribution in [0, 0.1) is 59.0 Å². The number of carboxylic acid groups (broad SMARTS) is 2. The van der Waals surface area contributed by atoms with Crippen molar-refractivity contribution in [1.29, 1.82) is 0 Å². The van der Waals surface area contributed by atoms with Gasteiger partial charge in [-0.05, 0) is 136 Å². The van der Waals surface area contributed by atoms with E-state index in [1.807, 2.05) is 0 Å². The number of aromatic amines is 2. The van der Waals surface area contributed by atoms with E-state index < -0.39 is 58.9 Å². The topological polar surface area (TPSA) is 158 Å². The predicted octanol–water partition coefficient (Wildman–Crippen LogP) is 10.9. The van der Waals surface area contributed by atoms with Crippen LogP contribution >= 0.6 is 0 Å². The van der Waals surface area contributed by atoms with E-state index in [1.54, 1.807) is 0 Å². The fraction of sp³-hybridized carbons (Fsp3) is 0.435. The van der Waals surface area contributed by atoms with Crippen molar-refractivity contribution in [2.24, 2.45) is 47.3 Å². The van der Waals surface area contributed by atoms with Gasteiger partial charge in [0.25, 0.3) is 0 Å². The lowest BCUT2D eigenvalue weighted by Crippen LogP contribution is -2.45. The molecule has 4 N–H and O–H groups in total. The number of alkyl halides is 6. The monoisotopic (exact) mass is 894 g/mol. The van der Waals surface area contributed by atoms with Crippen LogP contribution in [0.5, 0.6) is 0 Å². The zero-order chi connectivity index (χ0) is 45.2. The third-order valence-corrected chi connectivity index (χ3v) is 14.2. The second kappa shape index (κ2) is 16.6. The molecule has 0 amide bonds. The van der Waals surface area contributed by atoms with E-state index in [4.69, 9.17) is 0 Å². The molecule has 10 nitrogen and oxygen atoms in total. The van der Waals surface area contributed by atoms with Crippen molar-refractivity contribution >= 4 is 34.0 Å². The van der Waals surface area contributed by atoms with Crippen molar-refractivity contribution in [3.63, 3.8) is 0 Å². The Morgan fingerprint density at radius 3 is 1.27 bits per heavy atom. The summed E-state index contributed by atoms with van der Waals surface area (Å²) >= 11 is 0. The summed E-state index contributed by atoms with van der Waals surface area (Å²) < 4.78 is 110. The summed E-state index contributed by atoms with van der Waals surface area (Å²) in [5.74, 6) is -4.10. The Morgan fingerprint density at radius 2 is 0.922 bits per heavy atom. The normalized spacial score (nSPS) is 25.4. The highest BCUT2D eigenvalue weighted by molar-refractivity contribution is 5.93. The number of nitrogens with zero attached hydrogens (tertiary/aromatic N) is 4. The lowest BCUT2D eigenvalue weighted by Gasteiger charge is -2.46. The molecule has 6 fully saturated rings. The molecule has 0 spiro atoms. The zero-order valence-corrected chi connectivity index (χ0v) is 34.0. The van der Waals surface area contributed by atoms with Crippen molar-refractivity contribution in [3.8, 4) is 22.5 Å². The minimum atomic E-state index is -4.60. The highest BCUT2D eigenvalue weighted by Gasteiger charge is 2.49. The number of H-pyrrole nitrogens is 2. The van der Waals surface area contributed by atoms with Crippen molar-refractivity contribution in [3.05, 3.63) is 95.3 Å². The molecule has 6 saturated carbocycles. The van der Waals surface area contributed by atoms with Crippen LogP contribution in [-0.4, -0.2) is 52.1 Å². The highest BCUT2D eigenvalue weighted by Crippen LogP contribution is 2.52. The number of aromatic nitrogens is 6. The standard InChI is InChI=1S/2C23H21F4N3O2/c2*24-14-7-17-18(10-29-21(17)28-9-14)19-6-13(23(25,26)27)5-15(30-19)8-16-11-1-3-12(4-2-11)20(16)22(31)32/h2*5-7,9-12,16,20H,1-4,8H2,(H,28,29)(H,31,32)/t2*11?,12?,16-,20-/m10/s1. The van der Waals surface area contributed by atoms with Gasteiger partial charge < -0.3 is 20.2 Å². The molecule has 6 aliphatic carbocycles. The number of nitrogens with one attached hydrogen (secondary N) is 2. The van der Waals surface area contributed by atoms with Gasteiger partial charge in [-0.25, -0.2) is 18.7 Å². The van der Waals surface area contributed by atoms with Crippen molar-refractivity contribution in [2.75, 3.05) is 0 Å². The van der Waals surface area contributed by atoms with E-state index in [0.717, 1.165) is 88.0 Å². The van der Waals surface area contributed by atoms with Crippen LogP contribution in [0.3, 0.4) is 0 Å². The van der Waals surface area contributed by atoms with Crippen LogP contribution in [0.15, 0.2) is 61.2 Å².